The normalized spacial score (nSPS) is 24.2. The Morgan fingerprint density at radius 3 is 2.35 bits per heavy atom. The van der Waals surface area contributed by atoms with Gasteiger partial charge in [-0.2, -0.15) is 0 Å². The van der Waals surface area contributed by atoms with E-state index in [1.165, 1.54) is 43.2 Å². The van der Waals surface area contributed by atoms with Gasteiger partial charge < -0.3 is 5.32 Å². The molecule has 0 radical (unpaired) electrons. The van der Waals surface area contributed by atoms with Gasteiger partial charge in [-0.3, -0.25) is 0 Å². The zero-order valence-electron chi connectivity index (χ0n) is 13.7. The monoisotopic (exact) mass is 273 g/mol. The van der Waals surface area contributed by atoms with E-state index in [9.17, 15) is 0 Å². The number of nitrogens with one attached hydrogen (secondary N) is 1. The largest absolute Gasteiger partial charge is 0.316 e. The van der Waals surface area contributed by atoms with Gasteiger partial charge in [-0.25, -0.2) is 0 Å². The quantitative estimate of drug-likeness (QED) is 0.787. The highest BCUT2D eigenvalue weighted by molar-refractivity contribution is 5.25. The molecule has 1 aromatic rings. The molecule has 1 N–H and O–H groups in total. The SMILES string of the molecule is CCC1CCC(C(Cc2ccc(C(C)C)cc2)NC)C1. The predicted octanol–water partition coefficient (Wildman–Crippen LogP) is 4.77. The fourth-order valence-corrected chi connectivity index (χ4v) is 3.65. The van der Waals surface area contributed by atoms with Crippen LogP contribution in [-0.4, -0.2) is 13.1 Å². The van der Waals surface area contributed by atoms with Crippen molar-refractivity contribution in [1.29, 1.82) is 0 Å². The molecule has 1 saturated carbocycles. The van der Waals surface area contributed by atoms with Crippen molar-refractivity contribution in [1.82, 2.24) is 5.32 Å². The van der Waals surface area contributed by atoms with Crippen molar-refractivity contribution in [3.63, 3.8) is 0 Å². The lowest BCUT2D eigenvalue weighted by atomic mass is 9.90. The molecule has 2 rings (SSSR count). The van der Waals surface area contributed by atoms with Crippen LogP contribution in [0.4, 0.5) is 0 Å². The predicted molar refractivity (Wildman–Crippen MR) is 88.2 cm³/mol. The molecular weight excluding hydrogens is 242 g/mol. The Labute approximate surface area is 125 Å². The molecule has 20 heavy (non-hydrogen) atoms. The van der Waals surface area contributed by atoms with E-state index in [1.807, 2.05) is 0 Å². The zero-order chi connectivity index (χ0) is 14.5. The fraction of sp³-hybridized carbons (Fsp3) is 0.684. The van der Waals surface area contributed by atoms with Crippen LogP contribution in [0.15, 0.2) is 24.3 Å². The summed E-state index contributed by atoms with van der Waals surface area (Å²) in [5, 5.41) is 3.57. The second-order valence-electron chi connectivity index (χ2n) is 6.84. The highest BCUT2D eigenvalue weighted by Crippen LogP contribution is 2.35. The summed E-state index contributed by atoms with van der Waals surface area (Å²) in [6.45, 7) is 6.86. The Balaban J connectivity index is 1.96. The van der Waals surface area contributed by atoms with Crippen LogP contribution < -0.4 is 5.32 Å². The van der Waals surface area contributed by atoms with E-state index in [0.717, 1.165) is 11.8 Å². The first-order valence-corrected chi connectivity index (χ1v) is 8.40. The first-order valence-electron chi connectivity index (χ1n) is 8.40. The summed E-state index contributed by atoms with van der Waals surface area (Å²) in [6, 6.07) is 9.90. The third-order valence-corrected chi connectivity index (χ3v) is 5.20. The molecule has 1 aliphatic carbocycles. The van der Waals surface area contributed by atoms with Crippen molar-refractivity contribution in [3.8, 4) is 0 Å². The van der Waals surface area contributed by atoms with Gasteiger partial charge in [-0.05, 0) is 55.2 Å². The van der Waals surface area contributed by atoms with Gasteiger partial charge >= 0.3 is 0 Å². The van der Waals surface area contributed by atoms with Crippen LogP contribution in [0.2, 0.25) is 0 Å². The first-order chi connectivity index (χ1) is 9.63. The molecule has 3 unspecified atom stereocenters. The molecule has 0 heterocycles. The van der Waals surface area contributed by atoms with Crippen molar-refractivity contribution in [2.24, 2.45) is 11.8 Å². The number of likely N-dealkylation sites (N-methyl/N-ethyl adjacent to an activating group) is 1. The molecule has 1 fully saturated rings. The highest BCUT2D eigenvalue weighted by atomic mass is 14.9. The summed E-state index contributed by atoms with van der Waals surface area (Å²) in [7, 11) is 2.13. The molecule has 3 atom stereocenters. The zero-order valence-corrected chi connectivity index (χ0v) is 13.7. The van der Waals surface area contributed by atoms with Crippen molar-refractivity contribution < 1.29 is 0 Å². The number of rotatable bonds is 6. The average Bonchev–Trinajstić information content (AvgIpc) is 2.94. The molecule has 1 nitrogen and oxygen atoms in total. The van der Waals surface area contributed by atoms with Crippen LogP contribution in [0.5, 0.6) is 0 Å². The molecular formula is C19H31N. The van der Waals surface area contributed by atoms with Crippen molar-refractivity contribution in [2.45, 2.75) is 64.8 Å². The number of hydrogen-bond acceptors (Lipinski definition) is 1. The molecule has 1 heteroatoms. The van der Waals surface area contributed by atoms with Gasteiger partial charge in [0.2, 0.25) is 0 Å². The third kappa shape index (κ3) is 3.85. The number of hydrogen-bond donors (Lipinski definition) is 1. The maximum Gasteiger partial charge on any atom is 0.0133 e. The van der Waals surface area contributed by atoms with Gasteiger partial charge in [0.1, 0.15) is 0 Å². The maximum atomic E-state index is 3.57. The molecule has 0 saturated heterocycles. The molecule has 0 spiro atoms. The summed E-state index contributed by atoms with van der Waals surface area (Å²) in [6.07, 6.45) is 6.80. The second-order valence-corrected chi connectivity index (χ2v) is 6.84. The van der Waals surface area contributed by atoms with E-state index in [0.29, 0.717) is 12.0 Å². The maximum absolute atomic E-state index is 3.57. The molecule has 1 aromatic carbocycles. The lowest BCUT2D eigenvalue weighted by Gasteiger charge is -2.23. The van der Waals surface area contributed by atoms with Gasteiger partial charge in [0.25, 0.3) is 0 Å². The van der Waals surface area contributed by atoms with Gasteiger partial charge in [0.15, 0.2) is 0 Å². The topological polar surface area (TPSA) is 12.0 Å². The molecule has 0 bridgehead atoms. The molecule has 0 amide bonds. The van der Waals surface area contributed by atoms with E-state index < -0.39 is 0 Å². The Hall–Kier alpha value is -0.820. The summed E-state index contributed by atoms with van der Waals surface area (Å²) >= 11 is 0. The van der Waals surface area contributed by atoms with Crippen LogP contribution in [0.3, 0.4) is 0 Å². The van der Waals surface area contributed by atoms with Crippen molar-refractivity contribution in [3.05, 3.63) is 35.4 Å². The van der Waals surface area contributed by atoms with Crippen LogP contribution in [0.25, 0.3) is 0 Å². The standard InChI is InChI=1S/C19H31N/c1-5-15-6-11-18(12-15)19(20-4)13-16-7-9-17(10-8-16)14(2)3/h7-10,14-15,18-20H,5-6,11-13H2,1-4H3. The molecule has 112 valence electrons. The van der Waals surface area contributed by atoms with E-state index >= 15 is 0 Å². The third-order valence-electron chi connectivity index (χ3n) is 5.20. The van der Waals surface area contributed by atoms with Crippen LogP contribution >= 0.6 is 0 Å². The molecule has 0 aliphatic heterocycles. The van der Waals surface area contributed by atoms with Crippen molar-refractivity contribution in [2.75, 3.05) is 7.05 Å². The Morgan fingerprint density at radius 2 is 1.85 bits per heavy atom. The van der Waals surface area contributed by atoms with E-state index in [4.69, 9.17) is 0 Å². The fourth-order valence-electron chi connectivity index (χ4n) is 3.65. The van der Waals surface area contributed by atoms with E-state index in [1.54, 1.807) is 0 Å². The minimum Gasteiger partial charge on any atom is -0.316 e. The van der Waals surface area contributed by atoms with Gasteiger partial charge in [-0.1, -0.05) is 57.9 Å². The van der Waals surface area contributed by atoms with Gasteiger partial charge in [0.05, 0.1) is 0 Å². The van der Waals surface area contributed by atoms with Crippen LogP contribution in [-0.2, 0) is 6.42 Å². The summed E-state index contributed by atoms with van der Waals surface area (Å²) < 4.78 is 0. The summed E-state index contributed by atoms with van der Waals surface area (Å²) in [5.74, 6) is 2.47. The summed E-state index contributed by atoms with van der Waals surface area (Å²) in [4.78, 5) is 0. The Kier molecular flexibility index (Phi) is 5.65. The number of benzene rings is 1. The van der Waals surface area contributed by atoms with Crippen molar-refractivity contribution >= 4 is 0 Å². The van der Waals surface area contributed by atoms with E-state index in [-0.39, 0.29) is 0 Å². The minimum atomic E-state index is 0.629. The summed E-state index contributed by atoms with van der Waals surface area (Å²) in [5.41, 5.74) is 2.93. The lowest BCUT2D eigenvalue weighted by Crippen LogP contribution is -2.34. The minimum absolute atomic E-state index is 0.629. The van der Waals surface area contributed by atoms with Crippen LogP contribution in [0, 0.1) is 11.8 Å². The highest BCUT2D eigenvalue weighted by Gasteiger charge is 2.29. The smallest absolute Gasteiger partial charge is 0.0133 e. The average molecular weight is 273 g/mol. The van der Waals surface area contributed by atoms with Crippen LogP contribution in [0.1, 0.15) is 63.5 Å². The molecule has 1 aliphatic rings. The van der Waals surface area contributed by atoms with Gasteiger partial charge in [0, 0.05) is 6.04 Å². The molecule has 0 aromatic heterocycles. The Morgan fingerprint density at radius 1 is 1.15 bits per heavy atom. The lowest BCUT2D eigenvalue weighted by molar-refractivity contribution is 0.361. The second kappa shape index (κ2) is 7.26. The van der Waals surface area contributed by atoms with Gasteiger partial charge in [-0.15, -0.1) is 0 Å². The Bertz CT molecular complexity index is 393. The van der Waals surface area contributed by atoms with E-state index in [2.05, 4.69) is 57.4 Å². The first kappa shape index (κ1) is 15.6.